The van der Waals surface area contributed by atoms with Gasteiger partial charge in [-0.3, -0.25) is 0 Å². The Morgan fingerprint density at radius 3 is 2.50 bits per heavy atom. The topological polar surface area (TPSA) is 26.0 Å². The molecule has 2 atom stereocenters. The fourth-order valence-electron chi connectivity index (χ4n) is 2.83. The summed E-state index contributed by atoms with van der Waals surface area (Å²) in [6.45, 7) is 0.904. The SMILES string of the molecule is NCC1(C2CC2c2ccccc2)CC1. The highest BCUT2D eigenvalue weighted by atomic mass is 14.7. The van der Waals surface area contributed by atoms with E-state index >= 15 is 0 Å². The average molecular weight is 187 g/mol. The summed E-state index contributed by atoms with van der Waals surface area (Å²) in [6.07, 6.45) is 4.12. The minimum Gasteiger partial charge on any atom is -0.330 e. The van der Waals surface area contributed by atoms with Crippen LogP contribution in [0.5, 0.6) is 0 Å². The van der Waals surface area contributed by atoms with Crippen molar-refractivity contribution in [2.45, 2.75) is 25.2 Å². The van der Waals surface area contributed by atoms with Crippen LogP contribution in [0.2, 0.25) is 0 Å². The maximum Gasteiger partial charge on any atom is -0.00176 e. The average Bonchev–Trinajstić information content (AvgIpc) is 3.12. The first kappa shape index (κ1) is 8.49. The first-order valence-corrected chi connectivity index (χ1v) is 5.61. The molecule has 0 heterocycles. The van der Waals surface area contributed by atoms with Gasteiger partial charge in [0.05, 0.1) is 0 Å². The highest BCUT2D eigenvalue weighted by molar-refractivity contribution is 5.28. The Labute approximate surface area is 85.3 Å². The molecule has 2 N–H and O–H groups in total. The molecule has 0 radical (unpaired) electrons. The maximum absolute atomic E-state index is 5.85. The summed E-state index contributed by atoms with van der Waals surface area (Å²) in [5, 5.41) is 0. The third-order valence-corrected chi connectivity index (χ3v) is 4.10. The molecule has 14 heavy (non-hydrogen) atoms. The van der Waals surface area contributed by atoms with Crippen molar-refractivity contribution in [2.75, 3.05) is 6.54 Å². The Hall–Kier alpha value is -0.820. The monoisotopic (exact) mass is 187 g/mol. The van der Waals surface area contributed by atoms with Gasteiger partial charge in [-0.15, -0.1) is 0 Å². The van der Waals surface area contributed by atoms with Gasteiger partial charge in [-0.25, -0.2) is 0 Å². The molecule has 3 rings (SSSR count). The largest absolute Gasteiger partial charge is 0.330 e. The minimum atomic E-state index is 0.556. The molecule has 1 aromatic carbocycles. The van der Waals surface area contributed by atoms with E-state index in [1.54, 1.807) is 0 Å². The lowest BCUT2D eigenvalue weighted by molar-refractivity contribution is 0.442. The van der Waals surface area contributed by atoms with Crippen molar-refractivity contribution in [3.8, 4) is 0 Å². The van der Waals surface area contributed by atoms with Crippen LogP contribution in [0.15, 0.2) is 30.3 Å². The molecule has 0 saturated heterocycles. The van der Waals surface area contributed by atoms with E-state index < -0.39 is 0 Å². The van der Waals surface area contributed by atoms with Crippen LogP contribution in [0.1, 0.15) is 30.7 Å². The Morgan fingerprint density at radius 2 is 1.93 bits per heavy atom. The van der Waals surface area contributed by atoms with Gasteiger partial charge >= 0.3 is 0 Å². The zero-order chi connectivity index (χ0) is 9.60. The Kier molecular flexibility index (Phi) is 1.72. The highest BCUT2D eigenvalue weighted by Gasteiger charge is 2.58. The molecule has 0 spiro atoms. The van der Waals surface area contributed by atoms with Crippen LogP contribution in [0.25, 0.3) is 0 Å². The molecule has 1 aromatic rings. The smallest absolute Gasteiger partial charge is 0.00176 e. The summed E-state index contributed by atoms with van der Waals surface area (Å²) >= 11 is 0. The van der Waals surface area contributed by atoms with E-state index in [4.69, 9.17) is 5.73 Å². The van der Waals surface area contributed by atoms with E-state index in [0.29, 0.717) is 5.41 Å². The normalized spacial score (nSPS) is 32.6. The Morgan fingerprint density at radius 1 is 1.21 bits per heavy atom. The van der Waals surface area contributed by atoms with Gasteiger partial charge in [0.2, 0.25) is 0 Å². The summed E-state index contributed by atoms with van der Waals surface area (Å²) in [4.78, 5) is 0. The number of nitrogens with two attached hydrogens (primary N) is 1. The zero-order valence-electron chi connectivity index (χ0n) is 8.45. The number of hydrogen-bond acceptors (Lipinski definition) is 1. The quantitative estimate of drug-likeness (QED) is 0.773. The van der Waals surface area contributed by atoms with E-state index in [1.807, 2.05) is 0 Å². The standard InChI is InChI=1S/C13H17N/c14-9-13(6-7-13)12-8-11(12)10-4-2-1-3-5-10/h1-5,11-12H,6-9,14H2. The molecule has 0 aliphatic heterocycles. The third-order valence-electron chi connectivity index (χ3n) is 4.10. The van der Waals surface area contributed by atoms with E-state index in [-0.39, 0.29) is 0 Å². The summed E-state index contributed by atoms with van der Waals surface area (Å²) in [5.41, 5.74) is 7.93. The number of hydrogen-bond donors (Lipinski definition) is 1. The van der Waals surface area contributed by atoms with Gasteiger partial charge in [0.15, 0.2) is 0 Å². The first-order valence-electron chi connectivity index (χ1n) is 5.61. The van der Waals surface area contributed by atoms with Crippen LogP contribution >= 0.6 is 0 Å². The molecule has 0 aromatic heterocycles. The summed E-state index contributed by atoms with van der Waals surface area (Å²) in [5.74, 6) is 1.72. The van der Waals surface area contributed by atoms with Crippen LogP contribution in [0.4, 0.5) is 0 Å². The lowest BCUT2D eigenvalue weighted by Gasteiger charge is -2.11. The second-order valence-electron chi connectivity index (χ2n) is 4.93. The van der Waals surface area contributed by atoms with Crippen LogP contribution < -0.4 is 5.73 Å². The van der Waals surface area contributed by atoms with Gasteiger partial charge < -0.3 is 5.73 Å². The molecule has 74 valence electrons. The van der Waals surface area contributed by atoms with Gasteiger partial charge in [-0.1, -0.05) is 30.3 Å². The molecule has 1 nitrogen and oxygen atoms in total. The summed E-state index contributed by atoms with van der Waals surface area (Å²) in [7, 11) is 0. The van der Waals surface area contributed by atoms with Crippen molar-refractivity contribution < 1.29 is 0 Å². The Bertz CT molecular complexity index is 326. The minimum absolute atomic E-state index is 0.556. The van der Waals surface area contributed by atoms with Gasteiger partial charge in [0.1, 0.15) is 0 Å². The highest BCUT2D eigenvalue weighted by Crippen LogP contribution is 2.66. The fourth-order valence-corrected chi connectivity index (χ4v) is 2.83. The lowest BCUT2D eigenvalue weighted by atomic mass is 9.96. The number of rotatable bonds is 3. The second kappa shape index (κ2) is 2.83. The van der Waals surface area contributed by atoms with Gasteiger partial charge in [0.25, 0.3) is 0 Å². The van der Waals surface area contributed by atoms with Crippen molar-refractivity contribution in [2.24, 2.45) is 17.1 Å². The van der Waals surface area contributed by atoms with Gasteiger partial charge in [-0.05, 0) is 48.6 Å². The van der Waals surface area contributed by atoms with Crippen molar-refractivity contribution >= 4 is 0 Å². The van der Waals surface area contributed by atoms with Crippen molar-refractivity contribution in [3.63, 3.8) is 0 Å². The molecule has 1 heteroatoms. The molecule has 2 aliphatic rings. The lowest BCUT2D eigenvalue weighted by Crippen LogP contribution is -2.18. The fraction of sp³-hybridized carbons (Fsp3) is 0.538. The maximum atomic E-state index is 5.85. The zero-order valence-corrected chi connectivity index (χ0v) is 8.45. The van der Waals surface area contributed by atoms with Crippen LogP contribution in [-0.4, -0.2) is 6.54 Å². The first-order chi connectivity index (χ1) is 6.86. The molecule has 2 fully saturated rings. The van der Waals surface area contributed by atoms with Crippen molar-refractivity contribution in [1.82, 2.24) is 0 Å². The van der Waals surface area contributed by atoms with Gasteiger partial charge in [-0.2, -0.15) is 0 Å². The van der Waals surface area contributed by atoms with Crippen molar-refractivity contribution in [1.29, 1.82) is 0 Å². The predicted octanol–water partition coefficient (Wildman–Crippen LogP) is 2.53. The van der Waals surface area contributed by atoms with Crippen LogP contribution in [-0.2, 0) is 0 Å². The summed E-state index contributed by atoms with van der Waals surface area (Å²) in [6, 6.07) is 10.9. The molecular weight excluding hydrogens is 170 g/mol. The second-order valence-corrected chi connectivity index (χ2v) is 4.93. The molecule has 0 bridgehead atoms. The molecule has 2 saturated carbocycles. The molecule has 0 amide bonds. The third kappa shape index (κ3) is 1.19. The van der Waals surface area contributed by atoms with E-state index in [9.17, 15) is 0 Å². The number of benzene rings is 1. The summed E-state index contributed by atoms with van der Waals surface area (Å²) < 4.78 is 0. The molecular formula is C13H17N. The van der Waals surface area contributed by atoms with Crippen LogP contribution in [0, 0.1) is 11.3 Å². The van der Waals surface area contributed by atoms with E-state index in [1.165, 1.54) is 24.8 Å². The molecule has 2 unspecified atom stereocenters. The predicted molar refractivity (Wildman–Crippen MR) is 58.0 cm³/mol. The van der Waals surface area contributed by atoms with Crippen LogP contribution in [0.3, 0.4) is 0 Å². The van der Waals surface area contributed by atoms with Crippen molar-refractivity contribution in [3.05, 3.63) is 35.9 Å². The van der Waals surface area contributed by atoms with E-state index in [0.717, 1.165) is 18.4 Å². The van der Waals surface area contributed by atoms with Gasteiger partial charge in [0, 0.05) is 0 Å². The molecule has 2 aliphatic carbocycles. The Balaban J connectivity index is 1.75. The van der Waals surface area contributed by atoms with E-state index in [2.05, 4.69) is 30.3 Å².